The third kappa shape index (κ3) is 3.75. The number of carboxylic acids is 1. The molecule has 1 saturated heterocycles. The molecule has 0 unspecified atom stereocenters. The molecule has 7 nitrogen and oxygen atoms in total. The van der Waals surface area contributed by atoms with Crippen molar-refractivity contribution in [2.45, 2.75) is 38.8 Å². The van der Waals surface area contributed by atoms with Crippen molar-refractivity contribution in [1.82, 2.24) is 19.7 Å². The Labute approximate surface area is 127 Å². The van der Waals surface area contributed by atoms with Gasteiger partial charge in [0.2, 0.25) is 5.91 Å². The largest absolute Gasteiger partial charge is 0.480 e. The number of rotatable bonds is 7. The number of amides is 1. The Morgan fingerprint density at radius 3 is 2.86 bits per heavy atom. The number of aromatic nitrogens is 3. The number of carboxylic acid groups (broad SMARTS) is 1. The van der Waals surface area contributed by atoms with Crippen LogP contribution in [0.1, 0.15) is 37.5 Å². The van der Waals surface area contributed by atoms with Crippen LogP contribution in [0.5, 0.6) is 0 Å². The maximum Gasteiger partial charge on any atom is 0.325 e. The van der Waals surface area contributed by atoms with Gasteiger partial charge in [-0.3, -0.25) is 9.59 Å². The Balaban J connectivity index is 2.23. The minimum atomic E-state index is -0.961. The summed E-state index contributed by atoms with van der Waals surface area (Å²) >= 11 is 1.69. The standard InChI is InChI=1S/C13H20N4O3S/c1-9(16-6-3-4-11(16)18)13-14-10(5-7-21-2)15-17(13)8-12(19)20/h9H,3-8H2,1-2H3,(H,19,20)/t9-/m0/s1. The molecular weight excluding hydrogens is 292 g/mol. The smallest absolute Gasteiger partial charge is 0.325 e. The van der Waals surface area contributed by atoms with Gasteiger partial charge in [-0.05, 0) is 19.6 Å². The van der Waals surface area contributed by atoms with Gasteiger partial charge < -0.3 is 10.0 Å². The normalized spacial score (nSPS) is 16.5. The summed E-state index contributed by atoms with van der Waals surface area (Å²) in [6.45, 7) is 2.35. The molecule has 0 aliphatic carbocycles. The molecule has 1 aliphatic heterocycles. The van der Waals surface area contributed by atoms with Crippen LogP contribution in [0.4, 0.5) is 0 Å². The van der Waals surface area contributed by atoms with Gasteiger partial charge in [0.15, 0.2) is 5.82 Å². The Kier molecular flexibility index (Phi) is 5.22. The van der Waals surface area contributed by atoms with E-state index in [4.69, 9.17) is 5.11 Å². The summed E-state index contributed by atoms with van der Waals surface area (Å²) in [5, 5.41) is 13.3. The van der Waals surface area contributed by atoms with Crippen LogP contribution in [0.2, 0.25) is 0 Å². The Morgan fingerprint density at radius 2 is 2.29 bits per heavy atom. The molecule has 1 fully saturated rings. The minimum Gasteiger partial charge on any atom is -0.480 e. The molecule has 116 valence electrons. The Morgan fingerprint density at radius 1 is 1.52 bits per heavy atom. The van der Waals surface area contributed by atoms with E-state index in [1.165, 1.54) is 4.68 Å². The highest BCUT2D eigenvalue weighted by Gasteiger charge is 2.29. The highest BCUT2D eigenvalue weighted by atomic mass is 32.2. The number of aryl methyl sites for hydroxylation is 1. The molecule has 1 N–H and O–H groups in total. The maximum atomic E-state index is 11.9. The van der Waals surface area contributed by atoms with E-state index in [1.54, 1.807) is 16.7 Å². The molecule has 8 heteroatoms. The van der Waals surface area contributed by atoms with Crippen LogP contribution in [0, 0.1) is 0 Å². The van der Waals surface area contributed by atoms with E-state index in [2.05, 4.69) is 10.1 Å². The Hall–Kier alpha value is -1.57. The van der Waals surface area contributed by atoms with Gasteiger partial charge in [-0.15, -0.1) is 0 Å². The number of nitrogens with zero attached hydrogens (tertiary/aromatic N) is 4. The second-order valence-corrected chi connectivity index (χ2v) is 6.03. The lowest BCUT2D eigenvalue weighted by Gasteiger charge is -2.23. The van der Waals surface area contributed by atoms with Crippen LogP contribution < -0.4 is 0 Å². The van der Waals surface area contributed by atoms with Crippen molar-refractivity contribution in [1.29, 1.82) is 0 Å². The van der Waals surface area contributed by atoms with Crippen molar-refractivity contribution in [3.8, 4) is 0 Å². The number of aliphatic carboxylic acids is 1. The van der Waals surface area contributed by atoms with Gasteiger partial charge in [0.1, 0.15) is 12.4 Å². The van der Waals surface area contributed by atoms with E-state index in [0.29, 0.717) is 31.0 Å². The summed E-state index contributed by atoms with van der Waals surface area (Å²) in [5.41, 5.74) is 0. The summed E-state index contributed by atoms with van der Waals surface area (Å²) in [6.07, 6.45) is 4.09. The number of carbonyl (C=O) groups is 2. The van der Waals surface area contributed by atoms with Crippen molar-refractivity contribution in [2.24, 2.45) is 0 Å². The number of hydrogen-bond acceptors (Lipinski definition) is 5. The summed E-state index contributed by atoms with van der Waals surface area (Å²) in [6, 6.07) is -0.241. The molecule has 2 rings (SSSR count). The lowest BCUT2D eigenvalue weighted by molar-refractivity contribution is -0.138. The third-order valence-electron chi connectivity index (χ3n) is 3.51. The van der Waals surface area contributed by atoms with Crippen molar-refractivity contribution in [2.75, 3.05) is 18.6 Å². The number of likely N-dealkylation sites (tertiary alicyclic amines) is 1. The monoisotopic (exact) mass is 312 g/mol. The predicted octanol–water partition coefficient (Wildman–Crippen LogP) is 0.952. The molecule has 0 bridgehead atoms. The number of carbonyl (C=O) groups excluding carboxylic acids is 1. The first kappa shape index (κ1) is 15.8. The molecule has 1 amide bonds. The van der Waals surface area contributed by atoms with Gasteiger partial charge in [0, 0.05) is 25.1 Å². The fourth-order valence-corrected chi connectivity index (χ4v) is 2.86. The van der Waals surface area contributed by atoms with E-state index < -0.39 is 5.97 Å². The van der Waals surface area contributed by atoms with Gasteiger partial charge >= 0.3 is 5.97 Å². The van der Waals surface area contributed by atoms with Crippen LogP contribution in [0.25, 0.3) is 0 Å². The first-order valence-corrected chi connectivity index (χ1v) is 8.36. The number of thioether (sulfide) groups is 1. The molecular formula is C13H20N4O3S. The molecule has 2 heterocycles. The first-order chi connectivity index (χ1) is 10.0. The molecule has 0 radical (unpaired) electrons. The summed E-state index contributed by atoms with van der Waals surface area (Å²) in [4.78, 5) is 29.0. The zero-order valence-electron chi connectivity index (χ0n) is 12.3. The molecule has 21 heavy (non-hydrogen) atoms. The zero-order chi connectivity index (χ0) is 15.4. The maximum absolute atomic E-state index is 11.9. The van der Waals surface area contributed by atoms with Crippen molar-refractivity contribution in [3.05, 3.63) is 11.6 Å². The van der Waals surface area contributed by atoms with Gasteiger partial charge in [-0.2, -0.15) is 16.9 Å². The molecule has 0 spiro atoms. The van der Waals surface area contributed by atoms with Crippen LogP contribution in [-0.4, -0.2) is 55.2 Å². The van der Waals surface area contributed by atoms with Crippen LogP contribution >= 0.6 is 11.8 Å². The number of hydrogen-bond donors (Lipinski definition) is 1. The predicted molar refractivity (Wildman–Crippen MR) is 79.1 cm³/mol. The average molecular weight is 312 g/mol. The highest BCUT2D eigenvalue weighted by Crippen LogP contribution is 2.24. The molecule has 1 aromatic rings. The SMILES string of the molecule is CSCCc1nc([C@H](C)N2CCCC2=O)n(CC(=O)O)n1. The third-order valence-corrected chi connectivity index (χ3v) is 4.12. The Bertz CT molecular complexity index is 531. The topological polar surface area (TPSA) is 88.3 Å². The fourth-order valence-electron chi connectivity index (χ4n) is 2.47. The van der Waals surface area contributed by atoms with E-state index in [0.717, 1.165) is 12.2 Å². The van der Waals surface area contributed by atoms with Crippen molar-refractivity contribution in [3.63, 3.8) is 0 Å². The molecule has 1 aromatic heterocycles. The summed E-state index contributed by atoms with van der Waals surface area (Å²) in [5.74, 6) is 1.21. The highest BCUT2D eigenvalue weighted by molar-refractivity contribution is 7.98. The van der Waals surface area contributed by atoms with Gasteiger partial charge in [0.05, 0.1) is 6.04 Å². The zero-order valence-corrected chi connectivity index (χ0v) is 13.1. The minimum absolute atomic E-state index is 0.0954. The van der Waals surface area contributed by atoms with Gasteiger partial charge in [-0.1, -0.05) is 0 Å². The lowest BCUT2D eigenvalue weighted by atomic mass is 10.2. The lowest BCUT2D eigenvalue weighted by Crippen LogP contribution is -2.30. The summed E-state index contributed by atoms with van der Waals surface area (Å²) < 4.78 is 1.41. The molecule has 1 aliphatic rings. The van der Waals surface area contributed by atoms with Crippen LogP contribution in [0.3, 0.4) is 0 Å². The van der Waals surface area contributed by atoms with Crippen LogP contribution in [0.15, 0.2) is 0 Å². The van der Waals surface area contributed by atoms with E-state index in [9.17, 15) is 9.59 Å². The van der Waals surface area contributed by atoms with E-state index in [1.807, 2.05) is 13.2 Å². The molecule has 0 saturated carbocycles. The van der Waals surface area contributed by atoms with Crippen molar-refractivity contribution >= 4 is 23.6 Å². The van der Waals surface area contributed by atoms with Gasteiger partial charge in [-0.25, -0.2) is 9.67 Å². The van der Waals surface area contributed by atoms with Gasteiger partial charge in [0.25, 0.3) is 0 Å². The summed E-state index contributed by atoms with van der Waals surface area (Å²) in [7, 11) is 0. The fraction of sp³-hybridized carbons (Fsp3) is 0.692. The van der Waals surface area contributed by atoms with E-state index >= 15 is 0 Å². The second kappa shape index (κ2) is 6.93. The molecule has 0 aromatic carbocycles. The van der Waals surface area contributed by atoms with Crippen molar-refractivity contribution < 1.29 is 14.7 Å². The first-order valence-electron chi connectivity index (χ1n) is 6.96. The molecule has 1 atom stereocenters. The van der Waals surface area contributed by atoms with E-state index in [-0.39, 0.29) is 18.5 Å². The van der Waals surface area contributed by atoms with Crippen LogP contribution in [-0.2, 0) is 22.6 Å². The quantitative estimate of drug-likeness (QED) is 0.806. The average Bonchev–Trinajstić information content (AvgIpc) is 3.01. The second-order valence-electron chi connectivity index (χ2n) is 5.05.